The van der Waals surface area contributed by atoms with Gasteiger partial charge in [0.15, 0.2) is 16.6 Å². The smallest absolute Gasteiger partial charge is 0.244 e. The Morgan fingerprint density at radius 2 is 1.78 bits per heavy atom. The van der Waals surface area contributed by atoms with E-state index in [1.807, 2.05) is 6.92 Å². The molecule has 8 nitrogen and oxygen atoms in total. The zero-order chi connectivity index (χ0) is 19.8. The van der Waals surface area contributed by atoms with Crippen molar-refractivity contribution in [2.45, 2.75) is 24.8 Å². The Balaban J connectivity index is 1.73. The van der Waals surface area contributed by atoms with E-state index in [9.17, 15) is 23.4 Å². The van der Waals surface area contributed by atoms with Crippen LogP contribution in [0.25, 0.3) is 10.2 Å². The van der Waals surface area contributed by atoms with E-state index in [0.717, 1.165) is 16.9 Å². The molecule has 4 N–H and O–H groups in total. The minimum Gasteiger partial charge on any atom is -0.504 e. The van der Waals surface area contributed by atoms with Crippen LogP contribution in [0.5, 0.6) is 11.5 Å². The molecule has 3 aromatic rings. The lowest BCUT2D eigenvalue weighted by atomic mass is 10.2. The fraction of sp³-hybridized carbons (Fsp3) is 0.176. The lowest BCUT2D eigenvalue weighted by molar-refractivity contribution is -0.117. The Bertz CT molecular complexity index is 1070. The van der Waals surface area contributed by atoms with Gasteiger partial charge in [-0.05, 0) is 26.0 Å². The van der Waals surface area contributed by atoms with Gasteiger partial charge >= 0.3 is 0 Å². The van der Waals surface area contributed by atoms with Crippen LogP contribution in [-0.2, 0) is 14.8 Å². The number of nitrogens with zero attached hydrogens (tertiary/aromatic N) is 1. The van der Waals surface area contributed by atoms with Crippen LogP contribution in [0.3, 0.4) is 0 Å². The SMILES string of the molecule is Cc1ccc(S(=O)(=O)N[C@@H](C)C(=O)Nc2nc3cc(O)c(O)cc3s2)cc1. The summed E-state index contributed by atoms with van der Waals surface area (Å²) in [5.41, 5.74) is 1.33. The van der Waals surface area contributed by atoms with E-state index in [1.54, 1.807) is 12.1 Å². The van der Waals surface area contributed by atoms with Crippen molar-refractivity contribution < 1.29 is 23.4 Å². The van der Waals surface area contributed by atoms with Gasteiger partial charge in [0.25, 0.3) is 0 Å². The lowest BCUT2D eigenvalue weighted by Gasteiger charge is -2.13. The predicted molar refractivity (Wildman–Crippen MR) is 103 cm³/mol. The van der Waals surface area contributed by atoms with E-state index >= 15 is 0 Å². The zero-order valence-corrected chi connectivity index (χ0v) is 16.1. The third-order valence-electron chi connectivity index (χ3n) is 3.77. The van der Waals surface area contributed by atoms with Gasteiger partial charge in [0.05, 0.1) is 21.2 Å². The van der Waals surface area contributed by atoms with Crippen LogP contribution >= 0.6 is 11.3 Å². The molecular formula is C17H17N3O5S2. The summed E-state index contributed by atoms with van der Waals surface area (Å²) in [7, 11) is -3.84. The Morgan fingerprint density at radius 3 is 2.44 bits per heavy atom. The average Bonchev–Trinajstić information content (AvgIpc) is 2.96. The highest BCUT2D eigenvalue weighted by atomic mass is 32.2. The molecule has 0 saturated heterocycles. The molecule has 1 amide bonds. The quantitative estimate of drug-likeness (QED) is 0.481. The highest BCUT2D eigenvalue weighted by Gasteiger charge is 2.23. The van der Waals surface area contributed by atoms with Gasteiger partial charge in [0.1, 0.15) is 0 Å². The largest absolute Gasteiger partial charge is 0.504 e. The Morgan fingerprint density at radius 1 is 1.15 bits per heavy atom. The van der Waals surface area contributed by atoms with Gasteiger partial charge in [-0.2, -0.15) is 4.72 Å². The van der Waals surface area contributed by atoms with E-state index in [-0.39, 0.29) is 21.5 Å². The molecule has 0 unspecified atom stereocenters. The fourth-order valence-electron chi connectivity index (χ4n) is 2.29. The van der Waals surface area contributed by atoms with Crippen LogP contribution in [0.2, 0.25) is 0 Å². The van der Waals surface area contributed by atoms with Crippen LogP contribution in [0.1, 0.15) is 12.5 Å². The van der Waals surface area contributed by atoms with Crippen molar-refractivity contribution in [3.05, 3.63) is 42.0 Å². The first-order chi connectivity index (χ1) is 12.7. The maximum Gasteiger partial charge on any atom is 0.244 e. The number of carbonyl (C=O) groups excluding carboxylic acids is 1. The minimum atomic E-state index is -3.84. The number of hydrogen-bond acceptors (Lipinski definition) is 7. The van der Waals surface area contributed by atoms with Gasteiger partial charge in [0.2, 0.25) is 15.9 Å². The van der Waals surface area contributed by atoms with Crippen LogP contribution in [0.15, 0.2) is 41.3 Å². The van der Waals surface area contributed by atoms with E-state index in [2.05, 4.69) is 15.0 Å². The molecule has 0 aliphatic heterocycles. The molecule has 27 heavy (non-hydrogen) atoms. The van der Waals surface area contributed by atoms with Gasteiger partial charge in [0, 0.05) is 12.1 Å². The molecule has 0 radical (unpaired) electrons. The van der Waals surface area contributed by atoms with Crippen molar-refractivity contribution in [1.29, 1.82) is 0 Å². The van der Waals surface area contributed by atoms with E-state index in [4.69, 9.17) is 0 Å². The van der Waals surface area contributed by atoms with E-state index < -0.39 is 22.0 Å². The molecule has 0 saturated carbocycles. The van der Waals surface area contributed by atoms with Gasteiger partial charge < -0.3 is 15.5 Å². The van der Waals surface area contributed by atoms with Gasteiger partial charge in [-0.3, -0.25) is 4.79 Å². The minimum absolute atomic E-state index is 0.0682. The van der Waals surface area contributed by atoms with Crippen molar-refractivity contribution in [2.75, 3.05) is 5.32 Å². The van der Waals surface area contributed by atoms with Gasteiger partial charge in [-0.25, -0.2) is 13.4 Å². The van der Waals surface area contributed by atoms with Crippen molar-refractivity contribution in [2.24, 2.45) is 0 Å². The summed E-state index contributed by atoms with van der Waals surface area (Å²) < 4.78 is 27.6. The molecule has 1 aromatic heterocycles. The van der Waals surface area contributed by atoms with Gasteiger partial charge in [-0.15, -0.1) is 0 Å². The fourth-order valence-corrected chi connectivity index (χ4v) is 4.38. The second kappa shape index (κ2) is 7.14. The summed E-state index contributed by atoms with van der Waals surface area (Å²) in [5.74, 6) is -1.19. The van der Waals surface area contributed by atoms with Crippen LogP contribution in [-0.4, -0.2) is 35.6 Å². The molecule has 0 aliphatic rings. The number of amides is 1. The first kappa shape index (κ1) is 19.1. The highest BCUT2D eigenvalue weighted by Crippen LogP contribution is 2.34. The number of aryl methyl sites for hydroxylation is 1. The van der Waals surface area contributed by atoms with Crippen molar-refractivity contribution in [3.63, 3.8) is 0 Å². The number of thiazole rings is 1. The molecule has 0 bridgehead atoms. The normalized spacial score (nSPS) is 12.8. The number of nitrogens with one attached hydrogen (secondary N) is 2. The Kier molecular flexibility index (Phi) is 5.05. The lowest BCUT2D eigenvalue weighted by Crippen LogP contribution is -2.41. The number of carbonyl (C=O) groups is 1. The van der Waals surface area contributed by atoms with Crippen molar-refractivity contribution in [3.8, 4) is 11.5 Å². The summed E-state index contributed by atoms with van der Waals surface area (Å²) >= 11 is 1.09. The van der Waals surface area contributed by atoms with Crippen LogP contribution < -0.4 is 10.0 Å². The summed E-state index contributed by atoms with van der Waals surface area (Å²) in [6, 6.07) is 7.85. The number of aromatic hydroxyl groups is 2. The number of benzene rings is 2. The van der Waals surface area contributed by atoms with E-state index in [1.165, 1.54) is 31.2 Å². The third-order valence-corrected chi connectivity index (χ3v) is 6.26. The first-order valence-electron chi connectivity index (χ1n) is 7.88. The molecule has 1 heterocycles. The topological polar surface area (TPSA) is 129 Å². The molecule has 0 spiro atoms. The predicted octanol–water partition coefficient (Wildman–Crippen LogP) is 2.32. The Labute approximate surface area is 159 Å². The number of fused-ring (bicyclic) bond motifs is 1. The number of aromatic nitrogens is 1. The maximum absolute atomic E-state index is 12.4. The number of phenols is 2. The molecule has 0 fully saturated rings. The summed E-state index contributed by atoms with van der Waals surface area (Å²) in [4.78, 5) is 16.5. The highest BCUT2D eigenvalue weighted by molar-refractivity contribution is 7.89. The molecule has 1 atom stereocenters. The number of rotatable bonds is 5. The summed E-state index contributed by atoms with van der Waals surface area (Å²) in [5, 5.41) is 21.8. The summed E-state index contributed by atoms with van der Waals surface area (Å²) in [6.07, 6.45) is 0. The van der Waals surface area contributed by atoms with Crippen LogP contribution in [0.4, 0.5) is 5.13 Å². The molecule has 2 aromatic carbocycles. The zero-order valence-electron chi connectivity index (χ0n) is 14.4. The van der Waals surface area contributed by atoms with Crippen molar-refractivity contribution >= 4 is 42.6 Å². The second-order valence-corrected chi connectivity index (χ2v) is 8.72. The number of phenolic OH excluding ortho intramolecular Hbond substituents is 2. The van der Waals surface area contributed by atoms with Crippen LogP contribution in [0, 0.1) is 6.92 Å². The molecule has 0 aliphatic carbocycles. The Hall–Kier alpha value is -2.69. The average molecular weight is 407 g/mol. The second-order valence-electron chi connectivity index (χ2n) is 5.97. The number of sulfonamides is 1. The van der Waals surface area contributed by atoms with Gasteiger partial charge in [-0.1, -0.05) is 29.0 Å². The molecule has 142 valence electrons. The third kappa shape index (κ3) is 4.18. The monoisotopic (exact) mass is 407 g/mol. The van der Waals surface area contributed by atoms with E-state index in [0.29, 0.717) is 10.2 Å². The van der Waals surface area contributed by atoms with Crippen molar-refractivity contribution in [1.82, 2.24) is 9.71 Å². The maximum atomic E-state index is 12.4. The number of anilines is 1. The summed E-state index contributed by atoms with van der Waals surface area (Å²) in [6.45, 7) is 3.27. The molecule has 10 heteroatoms. The molecular weight excluding hydrogens is 390 g/mol. The number of hydrogen-bond donors (Lipinski definition) is 4. The molecule has 3 rings (SSSR count). The standard InChI is InChI=1S/C17H17N3O5S2/c1-9-3-5-11(6-4-9)27(24,25)20-10(2)16(23)19-17-18-12-7-13(21)14(22)8-15(12)26-17/h3-8,10,20-22H,1-2H3,(H,18,19,23)/t10-/m0/s1. The first-order valence-corrected chi connectivity index (χ1v) is 10.2.